The fourth-order valence-corrected chi connectivity index (χ4v) is 3.15. The summed E-state index contributed by atoms with van der Waals surface area (Å²) < 4.78 is 6.21. The first kappa shape index (κ1) is 13.4. The van der Waals surface area contributed by atoms with Crippen LogP contribution in [0.25, 0.3) is 0 Å². The van der Waals surface area contributed by atoms with Gasteiger partial charge in [-0.3, -0.25) is 0 Å². The second kappa shape index (κ2) is 5.31. The number of rotatable bonds is 3. The zero-order valence-corrected chi connectivity index (χ0v) is 12.0. The lowest BCUT2D eigenvalue weighted by Gasteiger charge is -2.43. The minimum Gasteiger partial charge on any atom is -0.489 e. The van der Waals surface area contributed by atoms with Crippen molar-refractivity contribution >= 4 is 0 Å². The van der Waals surface area contributed by atoms with E-state index in [0.29, 0.717) is 11.5 Å². The summed E-state index contributed by atoms with van der Waals surface area (Å²) in [6.45, 7) is 6.77. The number of hydrogen-bond donors (Lipinski definition) is 1. The van der Waals surface area contributed by atoms with Gasteiger partial charge < -0.3 is 10.1 Å². The monoisotopic (exact) mass is 247 g/mol. The first-order valence-corrected chi connectivity index (χ1v) is 6.93. The van der Waals surface area contributed by atoms with Crippen LogP contribution in [0, 0.1) is 12.3 Å². The fraction of sp³-hybridized carbons (Fsp3) is 0.625. The van der Waals surface area contributed by atoms with Crippen LogP contribution in [0.3, 0.4) is 0 Å². The van der Waals surface area contributed by atoms with Gasteiger partial charge in [-0.25, -0.2) is 0 Å². The molecule has 0 radical (unpaired) electrons. The highest BCUT2D eigenvalue weighted by Gasteiger charge is 2.39. The molecule has 2 heteroatoms. The van der Waals surface area contributed by atoms with Crippen molar-refractivity contribution in [2.45, 2.75) is 52.2 Å². The van der Waals surface area contributed by atoms with E-state index in [-0.39, 0.29) is 6.10 Å². The van der Waals surface area contributed by atoms with Crippen LogP contribution in [0.5, 0.6) is 5.75 Å². The molecule has 1 aromatic rings. The Balaban J connectivity index is 2.12. The van der Waals surface area contributed by atoms with Crippen molar-refractivity contribution in [1.29, 1.82) is 0 Å². The molecule has 2 atom stereocenters. The van der Waals surface area contributed by atoms with E-state index in [1.54, 1.807) is 0 Å². The normalized spacial score (nSPS) is 26.9. The van der Waals surface area contributed by atoms with E-state index < -0.39 is 0 Å². The zero-order chi connectivity index (χ0) is 13.2. The molecule has 0 bridgehead atoms. The first-order chi connectivity index (χ1) is 8.53. The second-order valence-corrected chi connectivity index (χ2v) is 6.12. The van der Waals surface area contributed by atoms with Gasteiger partial charge in [-0.05, 0) is 56.3 Å². The molecule has 0 aliphatic heterocycles. The van der Waals surface area contributed by atoms with Gasteiger partial charge in [-0.15, -0.1) is 0 Å². The van der Waals surface area contributed by atoms with Crippen LogP contribution in [-0.4, -0.2) is 19.2 Å². The van der Waals surface area contributed by atoms with Crippen molar-refractivity contribution in [2.24, 2.45) is 5.41 Å². The molecule has 1 saturated carbocycles. The Morgan fingerprint density at radius 3 is 2.78 bits per heavy atom. The van der Waals surface area contributed by atoms with E-state index in [1.165, 1.54) is 18.4 Å². The summed E-state index contributed by atoms with van der Waals surface area (Å²) in [5.41, 5.74) is 1.56. The van der Waals surface area contributed by atoms with E-state index in [1.807, 2.05) is 7.05 Å². The molecule has 100 valence electrons. The highest BCUT2D eigenvalue weighted by Crippen LogP contribution is 2.37. The van der Waals surface area contributed by atoms with Crippen LogP contribution in [0.2, 0.25) is 0 Å². The van der Waals surface area contributed by atoms with Crippen LogP contribution in [0.4, 0.5) is 0 Å². The number of ether oxygens (including phenoxy) is 1. The molecule has 18 heavy (non-hydrogen) atoms. The average molecular weight is 247 g/mol. The molecule has 1 N–H and O–H groups in total. The van der Waals surface area contributed by atoms with Gasteiger partial charge in [0.25, 0.3) is 0 Å². The van der Waals surface area contributed by atoms with E-state index in [0.717, 1.165) is 12.2 Å². The Hall–Kier alpha value is -1.02. The van der Waals surface area contributed by atoms with E-state index >= 15 is 0 Å². The summed E-state index contributed by atoms with van der Waals surface area (Å²) >= 11 is 0. The predicted molar refractivity (Wildman–Crippen MR) is 76.1 cm³/mol. The van der Waals surface area contributed by atoms with Crippen LogP contribution in [0.15, 0.2) is 24.3 Å². The van der Waals surface area contributed by atoms with Crippen LogP contribution < -0.4 is 10.1 Å². The predicted octanol–water partition coefficient (Wildman–Crippen LogP) is 3.54. The highest BCUT2D eigenvalue weighted by molar-refractivity contribution is 5.27. The van der Waals surface area contributed by atoms with Crippen molar-refractivity contribution in [2.75, 3.05) is 7.05 Å². The molecule has 0 spiro atoms. The van der Waals surface area contributed by atoms with E-state index in [2.05, 4.69) is 50.4 Å². The third-order valence-corrected chi connectivity index (χ3v) is 4.11. The van der Waals surface area contributed by atoms with E-state index in [9.17, 15) is 0 Å². The van der Waals surface area contributed by atoms with Gasteiger partial charge in [-0.2, -0.15) is 0 Å². The maximum Gasteiger partial charge on any atom is 0.120 e. The Morgan fingerprint density at radius 1 is 1.33 bits per heavy atom. The third kappa shape index (κ3) is 2.86. The summed E-state index contributed by atoms with van der Waals surface area (Å²) in [4.78, 5) is 0. The molecule has 1 aliphatic rings. The Kier molecular flexibility index (Phi) is 3.96. The molecule has 2 rings (SSSR count). The Bertz CT molecular complexity index is 400. The average Bonchev–Trinajstić information content (AvgIpc) is 2.28. The molecule has 1 fully saturated rings. The molecule has 2 nitrogen and oxygen atoms in total. The summed E-state index contributed by atoms with van der Waals surface area (Å²) in [5.74, 6) is 0.998. The van der Waals surface area contributed by atoms with Crippen molar-refractivity contribution in [3.8, 4) is 5.75 Å². The third-order valence-electron chi connectivity index (χ3n) is 4.11. The van der Waals surface area contributed by atoms with Gasteiger partial charge >= 0.3 is 0 Å². The number of likely N-dealkylation sites (N-methyl/N-ethyl adjacent to an activating group) is 1. The minimum atomic E-state index is 0.278. The van der Waals surface area contributed by atoms with Gasteiger partial charge in [0.1, 0.15) is 11.9 Å². The number of nitrogens with one attached hydrogen (secondary N) is 1. The van der Waals surface area contributed by atoms with Gasteiger partial charge in [0.2, 0.25) is 0 Å². The maximum absolute atomic E-state index is 6.21. The lowest BCUT2D eigenvalue weighted by atomic mass is 9.72. The molecule has 0 saturated heterocycles. The van der Waals surface area contributed by atoms with Gasteiger partial charge in [0.15, 0.2) is 0 Å². The lowest BCUT2D eigenvalue weighted by Crippen LogP contribution is -2.53. The van der Waals surface area contributed by atoms with Crippen LogP contribution in [-0.2, 0) is 0 Å². The highest BCUT2D eigenvalue weighted by atomic mass is 16.5. The first-order valence-electron chi connectivity index (χ1n) is 6.93. The quantitative estimate of drug-likeness (QED) is 0.882. The smallest absolute Gasteiger partial charge is 0.120 e. The summed E-state index contributed by atoms with van der Waals surface area (Å²) in [6, 6.07) is 8.77. The molecule has 0 heterocycles. The van der Waals surface area contributed by atoms with Crippen molar-refractivity contribution in [3.05, 3.63) is 29.8 Å². The summed E-state index contributed by atoms with van der Waals surface area (Å²) in [6.07, 6.45) is 3.94. The number of benzene rings is 1. The molecule has 0 amide bonds. The van der Waals surface area contributed by atoms with E-state index in [4.69, 9.17) is 4.74 Å². The van der Waals surface area contributed by atoms with Gasteiger partial charge in [0, 0.05) is 6.04 Å². The van der Waals surface area contributed by atoms with Gasteiger partial charge in [0.05, 0.1) is 0 Å². The van der Waals surface area contributed by atoms with Crippen molar-refractivity contribution < 1.29 is 4.74 Å². The summed E-state index contributed by atoms with van der Waals surface area (Å²) in [5, 5.41) is 3.45. The standard InChI is InChI=1S/C16H25NO/c1-12-7-5-8-13(11-12)18-14-9-6-10-16(2,3)15(14)17-4/h5,7-8,11,14-15,17H,6,9-10H2,1-4H3. The molecular weight excluding hydrogens is 222 g/mol. The van der Waals surface area contributed by atoms with Crippen LogP contribution in [0.1, 0.15) is 38.7 Å². The fourth-order valence-electron chi connectivity index (χ4n) is 3.15. The maximum atomic E-state index is 6.21. The Morgan fingerprint density at radius 2 is 2.11 bits per heavy atom. The molecule has 1 aromatic carbocycles. The van der Waals surface area contributed by atoms with Crippen molar-refractivity contribution in [1.82, 2.24) is 5.32 Å². The molecular formula is C16H25NO. The molecule has 1 aliphatic carbocycles. The van der Waals surface area contributed by atoms with Crippen molar-refractivity contribution in [3.63, 3.8) is 0 Å². The topological polar surface area (TPSA) is 21.3 Å². The zero-order valence-electron chi connectivity index (χ0n) is 12.0. The van der Waals surface area contributed by atoms with Crippen LogP contribution >= 0.6 is 0 Å². The lowest BCUT2D eigenvalue weighted by molar-refractivity contribution is 0.0403. The Labute approximate surface area is 111 Å². The number of aryl methyl sites for hydroxylation is 1. The molecule has 2 unspecified atom stereocenters. The second-order valence-electron chi connectivity index (χ2n) is 6.12. The molecule has 0 aromatic heterocycles. The minimum absolute atomic E-state index is 0.278. The largest absolute Gasteiger partial charge is 0.489 e. The summed E-state index contributed by atoms with van der Waals surface area (Å²) in [7, 11) is 2.05. The van der Waals surface area contributed by atoms with Gasteiger partial charge in [-0.1, -0.05) is 26.0 Å². The SMILES string of the molecule is CNC1C(Oc2cccc(C)c2)CCCC1(C)C. The number of hydrogen-bond acceptors (Lipinski definition) is 2.